The van der Waals surface area contributed by atoms with Crippen molar-refractivity contribution >= 4 is 58.0 Å². The van der Waals surface area contributed by atoms with Crippen LogP contribution >= 0.6 is 58.0 Å². The van der Waals surface area contributed by atoms with Gasteiger partial charge in [0.15, 0.2) is 0 Å². The molecule has 0 bridgehead atoms. The van der Waals surface area contributed by atoms with Crippen molar-refractivity contribution in [1.29, 1.82) is 0 Å². The standard InChI is InChI=1S/C14H9Cl5/c15-11-7-3-1-5-9(11)13(14(17,18)19)10-6-2-4-8-12(10)16/h1-8,13H. The van der Waals surface area contributed by atoms with Gasteiger partial charge in [-0.25, -0.2) is 0 Å². The van der Waals surface area contributed by atoms with Crippen molar-refractivity contribution in [1.82, 2.24) is 0 Å². The molecule has 0 N–H and O–H groups in total. The smallest absolute Gasteiger partial charge is 0.0840 e. The van der Waals surface area contributed by atoms with E-state index in [1.54, 1.807) is 12.1 Å². The van der Waals surface area contributed by atoms with E-state index in [0.717, 1.165) is 11.1 Å². The van der Waals surface area contributed by atoms with Crippen LogP contribution in [0.5, 0.6) is 0 Å². The molecule has 2 aromatic rings. The molecule has 0 nitrogen and oxygen atoms in total. The Bertz CT molecular complexity index is 529. The second-order valence-electron chi connectivity index (χ2n) is 4.02. The summed E-state index contributed by atoms with van der Waals surface area (Å²) in [7, 11) is 0. The topological polar surface area (TPSA) is 0 Å². The Labute approximate surface area is 137 Å². The largest absolute Gasteiger partial charge is 0.201 e. The van der Waals surface area contributed by atoms with Crippen LogP contribution in [0.2, 0.25) is 10.0 Å². The number of alkyl halides is 3. The zero-order valence-corrected chi connectivity index (χ0v) is 13.4. The fourth-order valence-electron chi connectivity index (χ4n) is 1.94. The Morgan fingerprint density at radius 3 is 1.37 bits per heavy atom. The SMILES string of the molecule is Clc1ccccc1C(c1ccccc1Cl)C(Cl)(Cl)Cl. The van der Waals surface area contributed by atoms with Gasteiger partial charge in [0.1, 0.15) is 0 Å². The minimum absolute atomic E-state index is 0.528. The molecule has 100 valence electrons. The summed E-state index contributed by atoms with van der Waals surface area (Å²) >= 11 is 30.8. The Balaban J connectivity index is 2.62. The highest BCUT2D eigenvalue weighted by Gasteiger charge is 2.37. The Morgan fingerprint density at radius 2 is 1.05 bits per heavy atom. The van der Waals surface area contributed by atoms with E-state index in [-0.39, 0.29) is 0 Å². The van der Waals surface area contributed by atoms with Crippen LogP contribution in [0.3, 0.4) is 0 Å². The highest BCUT2D eigenvalue weighted by atomic mass is 35.6. The maximum atomic E-state index is 6.21. The van der Waals surface area contributed by atoms with Gasteiger partial charge < -0.3 is 0 Å². The average Bonchev–Trinajstić information content (AvgIpc) is 2.33. The molecule has 0 saturated heterocycles. The van der Waals surface area contributed by atoms with Gasteiger partial charge in [-0.15, -0.1) is 0 Å². The Hall–Kier alpha value is -0.110. The van der Waals surface area contributed by atoms with Crippen molar-refractivity contribution in [3.63, 3.8) is 0 Å². The minimum Gasteiger partial charge on any atom is -0.0840 e. The van der Waals surface area contributed by atoms with Crippen molar-refractivity contribution in [2.75, 3.05) is 0 Å². The van der Waals surface area contributed by atoms with Gasteiger partial charge in [0.2, 0.25) is 3.79 Å². The van der Waals surface area contributed by atoms with Crippen LogP contribution in [0.1, 0.15) is 17.0 Å². The summed E-state index contributed by atoms with van der Waals surface area (Å²) in [5.74, 6) is -0.528. The molecule has 0 heterocycles. The Kier molecular flexibility index (Phi) is 4.92. The van der Waals surface area contributed by atoms with Crippen LogP contribution in [0.25, 0.3) is 0 Å². The third-order valence-corrected chi connectivity index (χ3v) is 4.10. The Morgan fingerprint density at radius 1 is 0.684 bits per heavy atom. The second kappa shape index (κ2) is 6.11. The van der Waals surface area contributed by atoms with Crippen LogP contribution in [0.15, 0.2) is 48.5 Å². The first-order valence-electron chi connectivity index (χ1n) is 5.47. The molecule has 0 aliphatic rings. The molecule has 0 aliphatic heterocycles. The van der Waals surface area contributed by atoms with Crippen molar-refractivity contribution in [3.05, 3.63) is 69.7 Å². The fraction of sp³-hybridized carbons (Fsp3) is 0.143. The first-order valence-corrected chi connectivity index (χ1v) is 7.36. The lowest BCUT2D eigenvalue weighted by Crippen LogP contribution is -2.19. The van der Waals surface area contributed by atoms with Gasteiger partial charge in [-0.1, -0.05) is 94.4 Å². The second-order valence-corrected chi connectivity index (χ2v) is 7.20. The van der Waals surface area contributed by atoms with Gasteiger partial charge >= 0.3 is 0 Å². The van der Waals surface area contributed by atoms with Crippen molar-refractivity contribution in [2.24, 2.45) is 0 Å². The van der Waals surface area contributed by atoms with Gasteiger partial charge in [-0.05, 0) is 23.3 Å². The van der Waals surface area contributed by atoms with Crippen molar-refractivity contribution < 1.29 is 0 Å². The molecule has 0 fully saturated rings. The molecule has 0 aromatic heterocycles. The van der Waals surface area contributed by atoms with E-state index < -0.39 is 9.71 Å². The van der Waals surface area contributed by atoms with Gasteiger partial charge in [0.25, 0.3) is 0 Å². The molecular formula is C14H9Cl5. The molecule has 2 aromatic carbocycles. The first-order chi connectivity index (χ1) is 8.91. The molecule has 0 amide bonds. The quantitative estimate of drug-likeness (QED) is 0.540. The molecule has 5 heteroatoms. The highest BCUT2D eigenvalue weighted by Crippen LogP contribution is 2.48. The maximum absolute atomic E-state index is 6.21. The van der Waals surface area contributed by atoms with E-state index in [9.17, 15) is 0 Å². The minimum atomic E-state index is -1.55. The summed E-state index contributed by atoms with van der Waals surface area (Å²) in [6, 6.07) is 14.5. The molecule has 0 unspecified atom stereocenters. The van der Waals surface area contributed by atoms with Gasteiger partial charge in [-0.2, -0.15) is 0 Å². The third kappa shape index (κ3) is 3.51. The molecular weight excluding hydrogens is 345 g/mol. The summed E-state index contributed by atoms with van der Waals surface area (Å²) in [4.78, 5) is 0. The zero-order chi connectivity index (χ0) is 14.0. The summed E-state index contributed by atoms with van der Waals surface area (Å²) in [5.41, 5.74) is 1.47. The maximum Gasteiger partial charge on any atom is 0.201 e. The molecule has 19 heavy (non-hydrogen) atoms. The van der Waals surface area contributed by atoms with Gasteiger partial charge in [0.05, 0.1) is 5.92 Å². The fourth-order valence-corrected chi connectivity index (χ4v) is 3.13. The lowest BCUT2D eigenvalue weighted by molar-refractivity contribution is 0.840. The van der Waals surface area contributed by atoms with Crippen LogP contribution in [-0.4, -0.2) is 3.79 Å². The van der Waals surface area contributed by atoms with Crippen LogP contribution in [0.4, 0.5) is 0 Å². The lowest BCUT2D eigenvalue weighted by atomic mass is 9.92. The van der Waals surface area contributed by atoms with E-state index in [1.165, 1.54) is 0 Å². The molecule has 0 aliphatic carbocycles. The van der Waals surface area contributed by atoms with E-state index >= 15 is 0 Å². The zero-order valence-electron chi connectivity index (χ0n) is 9.59. The number of benzene rings is 2. The highest BCUT2D eigenvalue weighted by molar-refractivity contribution is 6.68. The first kappa shape index (κ1) is 15.3. The molecule has 2 rings (SSSR count). The van der Waals surface area contributed by atoms with E-state index in [1.807, 2.05) is 36.4 Å². The summed E-state index contributed by atoms with van der Waals surface area (Å²) in [5, 5.41) is 1.08. The van der Waals surface area contributed by atoms with E-state index in [0.29, 0.717) is 10.0 Å². The van der Waals surface area contributed by atoms with Crippen LogP contribution in [-0.2, 0) is 0 Å². The number of rotatable bonds is 2. The number of halogens is 5. The molecule has 0 radical (unpaired) electrons. The van der Waals surface area contributed by atoms with Crippen LogP contribution < -0.4 is 0 Å². The number of hydrogen-bond acceptors (Lipinski definition) is 0. The summed E-state index contributed by atoms with van der Waals surface area (Å²) in [6.45, 7) is 0. The normalized spacial score (nSPS) is 11.9. The van der Waals surface area contributed by atoms with Crippen molar-refractivity contribution in [3.8, 4) is 0 Å². The number of hydrogen-bond donors (Lipinski definition) is 0. The lowest BCUT2D eigenvalue weighted by Gasteiger charge is -2.27. The van der Waals surface area contributed by atoms with Crippen LogP contribution in [0, 0.1) is 0 Å². The summed E-state index contributed by atoms with van der Waals surface area (Å²) < 4.78 is -1.55. The predicted octanol–water partition coefficient (Wildman–Crippen LogP) is 6.50. The predicted molar refractivity (Wildman–Crippen MR) is 85.0 cm³/mol. The van der Waals surface area contributed by atoms with E-state index in [4.69, 9.17) is 58.0 Å². The molecule has 0 spiro atoms. The summed E-state index contributed by atoms with van der Waals surface area (Å²) in [6.07, 6.45) is 0. The van der Waals surface area contributed by atoms with Crippen molar-refractivity contribution in [2.45, 2.75) is 9.71 Å². The van der Waals surface area contributed by atoms with Gasteiger partial charge in [-0.3, -0.25) is 0 Å². The van der Waals surface area contributed by atoms with Gasteiger partial charge in [0, 0.05) is 10.0 Å². The van der Waals surface area contributed by atoms with E-state index in [2.05, 4.69) is 0 Å². The third-order valence-electron chi connectivity index (χ3n) is 2.76. The monoisotopic (exact) mass is 352 g/mol. The molecule has 0 atom stereocenters. The molecule has 0 saturated carbocycles. The average molecular weight is 354 g/mol.